The minimum Gasteiger partial charge on any atom is -0.476 e. The Balaban J connectivity index is 2.62. The van der Waals surface area contributed by atoms with Crippen LogP contribution in [0.4, 0.5) is 17.6 Å². The summed E-state index contributed by atoms with van der Waals surface area (Å²) in [5.74, 6) is -2.71. The van der Waals surface area contributed by atoms with Crippen molar-refractivity contribution in [3.63, 3.8) is 0 Å². The third-order valence-electron chi connectivity index (χ3n) is 4.21. The molecule has 8 nitrogen and oxygen atoms in total. The van der Waals surface area contributed by atoms with Gasteiger partial charge in [-0.3, -0.25) is 13.9 Å². The Kier molecular flexibility index (Phi) is 7.98. The highest BCUT2D eigenvalue weighted by Gasteiger charge is 2.36. The summed E-state index contributed by atoms with van der Waals surface area (Å²) in [5, 5.41) is -0.311. The maximum Gasteiger partial charge on any atom is 0.431 e. The number of rotatable bonds is 8. The van der Waals surface area contributed by atoms with Gasteiger partial charge in [-0.05, 0) is 26.8 Å². The normalized spacial score (nSPS) is 13.3. The Morgan fingerprint density at radius 1 is 1.12 bits per heavy atom. The van der Waals surface area contributed by atoms with Crippen molar-refractivity contribution in [1.82, 2.24) is 9.13 Å². The molecule has 0 bridgehead atoms. The Bertz CT molecular complexity index is 1150. The molecule has 0 aliphatic heterocycles. The minimum atomic E-state index is -4.98. The largest absolute Gasteiger partial charge is 0.476 e. The molecular weight excluding hydrogens is 483 g/mol. The Morgan fingerprint density at radius 3 is 2.19 bits per heavy atom. The van der Waals surface area contributed by atoms with Crippen LogP contribution in [0.1, 0.15) is 26.5 Å². The predicted octanol–water partition coefficient (Wildman–Crippen LogP) is 4.34. The SMILES string of the molecule is CCOP(=O)(OCC)C(C)Oc1cc(-n2c(=O)cc(C(F)(F)F)n(C)c2=O)c(F)cc1Cl. The molecule has 2 rings (SSSR count). The van der Waals surface area contributed by atoms with Crippen LogP contribution in [-0.4, -0.2) is 28.2 Å². The Hall–Kier alpha value is -2.14. The molecule has 178 valence electrons. The first-order chi connectivity index (χ1) is 14.8. The molecule has 0 spiro atoms. The molecule has 0 amide bonds. The standard InChI is InChI=1S/C18H20ClF4N2O6P/c1-5-29-32(28,30-6-2)10(3)31-14-8-13(12(20)7-11(14)19)25-16(26)9-15(18(21,22)23)24(4)17(25)27/h7-10H,5-6H2,1-4H3. The molecule has 1 aromatic heterocycles. The second kappa shape index (κ2) is 9.78. The maximum atomic E-state index is 14.6. The molecule has 1 heterocycles. The van der Waals surface area contributed by atoms with E-state index in [1.165, 1.54) is 6.92 Å². The van der Waals surface area contributed by atoms with E-state index in [9.17, 15) is 31.7 Å². The van der Waals surface area contributed by atoms with Gasteiger partial charge < -0.3 is 13.8 Å². The van der Waals surface area contributed by atoms with Gasteiger partial charge in [0, 0.05) is 19.2 Å². The van der Waals surface area contributed by atoms with Crippen molar-refractivity contribution in [2.75, 3.05) is 13.2 Å². The molecule has 1 unspecified atom stereocenters. The van der Waals surface area contributed by atoms with E-state index in [0.29, 0.717) is 6.07 Å². The van der Waals surface area contributed by atoms with Gasteiger partial charge in [0.1, 0.15) is 17.3 Å². The zero-order chi connectivity index (χ0) is 24.4. The highest BCUT2D eigenvalue weighted by atomic mass is 35.5. The second-order valence-corrected chi connectivity index (χ2v) is 9.10. The number of nitrogens with zero attached hydrogens (tertiary/aromatic N) is 2. The van der Waals surface area contributed by atoms with E-state index in [4.69, 9.17) is 25.4 Å². The van der Waals surface area contributed by atoms with Crippen molar-refractivity contribution < 1.29 is 35.9 Å². The van der Waals surface area contributed by atoms with E-state index in [-0.39, 0.29) is 39.2 Å². The molecule has 14 heteroatoms. The van der Waals surface area contributed by atoms with Crippen LogP contribution in [0.15, 0.2) is 27.8 Å². The molecule has 0 saturated heterocycles. The first-order valence-corrected chi connectivity index (χ1v) is 11.2. The maximum absolute atomic E-state index is 14.6. The van der Waals surface area contributed by atoms with Crippen molar-refractivity contribution >= 4 is 19.2 Å². The first-order valence-electron chi connectivity index (χ1n) is 9.22. The predicted molar refractivity (Wildman–Crippen MR) is 108 cm³/mol. The zero-order valence-corrected chi connectivity index (χ0v) is 19.1. The van der Waals surface area contributed by atoms with Crippen molar-refractivity contribution in [3.05, 3.63) is 55.6 Å². The molecule has 1 aromatic carbocycles. The summed E-state index contributed by atoms with van der Waals surface area (Å²) in [7, 11) is -2.99. The van der Waals surface area contributed by atoms with E-state index < -0.39 is 48.1 Å². The quantitative estimate of drug-likeness (QED) is 0.394. The summed E-state index contributed by atoms with van der Waals surface area (Å²) >= 11 is 5.98. The molecule has 0 N–H and O–H groups in total. The topological polar surface area (TPSA) is 88.8 Å². The fraction of sp³-hybridized carbons (Fsp3) is 0.444. The molecule has 0 saturated carbocycles. The van der Waals surface area contributed by atoms with Crippen LogP contribution in [0.25, 0.3) is 5.69 Å². The zero-order valence-electron chi connectivity index (χ0n) is 17.4. The number of benzene rings is 1. The van der Waals surface area contributed by atoms with Crippen LogP contribution in [-0.2, 0) is 26.8 Å². The lowest BCUT2D eigenvalue weighted by atomic mass is 10.2. The lowest BCUT2D eigenvalue weighted by Gasteiger charge is -2.24. The molecule has 0 aliphatic carbocycles. The van der Waals surface area contributed by atoms with Gasteiger partial charge in [0.15, 0.2) is 5.85 Å². The average Bonchev–Trinajstić information content (AvgIpc) is 2.67. The number of aromatic nitrogens is 2. The van der Waals surface area contributed by atoms with Crippen LogP contribution >= 0.6 is 19.2 Å². The molecule has 1 atom stereocenters. The van der Waals surface area contributed by atoms with Crippen molar-refractivity contribution in [2.45, 2.75) is 32.8 Å². The van der Waals surface area contributed by atoms with Crippen molar-refractivity contribution in [1.29, 1.82) is 0 Å². The third kappa shape index (κ3) is 5.25. The van der Waals surface area contributed by atoms with Gasteiger partial charge in [-0.1, -0.05) is 11.6 Å². The first kappa shape index (κ1) is 26.1. The van der Waals surface area contributed by atoms with Gasteiger partial charge in [0.05, 0.1) is 23.9 Å². The number of halogens is 5. The molecule has 32 heavy (non-hydrogen) atoms. The minimum absolute atomic E-state index is 0.0321. The summed E-state index contributed by atoms with van der Waals surface area (Å²) in [6, 6.07) is 1.71. The van der Waals surface area contributed by atoms with Gasteiger partial charge >= 0.3 is 19.5 Å². The highest BCUT2D eigenvalue weighted by Crippen LogP contribution is 2.53. The molecular formula is C18H20ClF4N2O6P. The van der Waals surface area contributed by atoms with Crippen molar-refractivity contribution in [2.24, 2.45) is 7.05 Å². The van der Waals surface area contributed by atoms with E-state index in [1.807, 2.05) is 0 Å². The monoisotopic (exact) mass is 502 g/mol. The van der Waals surface area contributed by atoms with E-state index in [0.717, 1.165) is 13.1 Å². The Morgan fingerprint density at radius 2 is 1.69 bits per heavy atom. The number of alkyl halides is 3. The summed E-state index contributed by atoms with van der Waals surface area (Å²) in [4.78, 5) is 24.7. The van der Waals surface area contributed by atoms with Crippen LogP contribution in [0, 0.1) is 5.82 Å². The van der Waals surface area contributed by atoms with Gasteiger partial charge in [0.2, 0.25) is 0 Å². The van der Waals surface area contributed by atoms with Crippen LogP contribution in [0.2, 0.25) is 5.02 Å². The smallest absolute Gasteiger partial charge is 0.431 e. The van der Waals surface area contributed by atoms with Crippen LogP contribution < -0.4 is 16.0 Å². The molecule has 0 radical (unpaired) electrons. The van der Waals surface area contributed by atoms with E-state index >= 15 is 0 Å². The lowest BCUT2D eigenvalue weighted by Crippen LogP contribution is -2.41. The number of hydrogen-bond donors (Lipinski definition) is 0. The number of ether oxygens (including phenoxy) is 1. The Labute approximate surface area is 184 Å². The number of hydrogen-bond acceptors (Lipinski definition) is 6. The lowest BCUT2D eigenvalue weighted by molar-refractivity contribution is -0.144. The van der Waals surface area contributed by atoms with Gasteiger partial charge in [-0.25, -0.2) is 13.8 Å². The van der Waals surface area contributed by atoms with Crippen LogP contribution in [0.3, 0.4) is 0 Å². The van der Waals surface area contributed by atoms with E-state index in [1.54, 1.807) is 13.8 Å². The summed E-state index contributed by atoms with van der Waals surface area (Å²) in [5.41, 5.74) is -5.08. The van der Waals surface area contributed by atoms with E-state index in [2.05, 4.69) is 0 Å². The van der Waals surface area contributed by atoms with Gasteiger partial charge in [-0.15, -0.1) is 0 Å². The molecule has 2 aromatic rings. The summed E-state index contributed by atoms with van der Waals surface area (Å²) < 4.78 is 82.7. The molecule has 0 fully saturated rings. The van der Waals surface area contributed by atoms with Crippen LogP contribution in [0.5, 0.6) is 5.75 Å². The summed E-state index contributed by atoms with van der Waals surface area (Å²) in [6.45, 7) is 4.56. The third-order valence-corrected chi connectivity index (χ3v) is 6.74. The van der Waals surface area contributed by atoms with Gasteiger partial charge in [-0.2, -0.15) is 13.2 Å². The molecule has 0 aliphatic rings. The fourth-order valence-corrected chi connectivity index (χ4v) is 4.41. The fourth-order valence-electron chi connectivity index (χ4n) is 2.75. The van der Waals surface area contributed by atoms with Gasteiger partial charge in [0.25, 0.3) is 5.56 Å². The average molecular weight is 503 g/mol. The summed E-state index contributed by atoms with van der Waals surface area (Å²) in [6.07, 6.45) is -4.98. The van der Waals surface area contributed by atoms with Crippen molar-refractivity contribution in [3.8, 4) is 11.4 Å². The highest BCUT2D eigenvalue weighted by molar-refractivity contribution is 7.54. The second-order valence-electron chi connectivity index (χ2n) is 6.37.